The Labute approximate surface area is 542 Å². The molecule has 3 unspecified atom stereocenters. The molecule has 1 saturated heterocycles. The smallest absolute Gasteiger partial charge is 0.334 e. The summed E-state index contributed by atoms with van der Waals surface area (Å²) in [6.07, 6.45) is 12.0. The first kappa shape index (κ1) is 79.2. The second-order valence-corrected chi connectivity index (χ2v) is 26.1. The number of aryl methyl sites for hydroxylation is 1. The lowest BCUT2D eigenvalue weighted by Crippen LogP contribution is -2.52. The van der Waals surface area contributed by atoms with Gasteiger partial charge in [0.25, 0.3) is 5.91 Å². The first-order valence-electron chi connectivity index (χ1n) is 33.2. The Balaban J connectivity index is 0.000000493. The number of aldehydes is 1. The van der Waals surface area contributed by atoms with Gasteiger partial charge >= 0.3 is 5.97 Å². The molecule has 3 heterocycles. The van der Waals surface area contributed by atoms with E-state index >= 15 is 0 Å². The number of fused-ring (bicyclic) bond motifs is 2. The van der Waals surface area contributed by atoms with Gasteiger partial charge in [0.15, 0.2) is 6.29 Å². The SMILES string of the molecule is CC.CC/C(C(=O)OC(C)(C)C)=C(/CCCOc1cccc2cc(F)ccc12)c1ccc(Cl)c(C2=C(C)CC[N+](C)(C)C2C)c1C.CCC(C)C.CCCC(C)CC.CCCN(C)CCC.Cc1cc(OCC=O)c2c(c1)C(=O)N(C1CCC(=O)NC1=O)C2. The fraction of sp³-hybridized carbons (Fsp3) is 0.587. The summed E-state index contributed by atoms with van der Waals surface area (Å²) in [4.78, 5) is 63.9. The van der Waals surface area contributed by atoms with Crippen molar-refractivity contribution in [2.24, 2.45) is 11.8 Å². The zero-order valence-electron chi connectivity index (χ0n) is 58.8. The number of hydrogen-bond donors (Lipinski definition) is 1. The minimum atomic E-state index is -0.660. The number of hydrogen-bond acceptors (Lipinski definition) is 9. The van der Waals surface area contributed by atoms with Crippen molar-refractivity contribution in [2.75, 3.05) is 54.0 Å². The monoisotopic (exact) mass is 1250 g/mol. The Morgan fingerprint density at radius 3 is 2.08 bits per heavy atom. The van der Waals surface area contributed by atoms with Crippen LogP contribution in [-0.4, -0.2) is 116 Å². The number of nitrogens with one attached hydrogen (secondary N) is 1. The Morgan fingerprint density at radius 2 is 1.53 bits per heavy atom. The second kappa shape index (κ2) is 39.4. The molecule has 0 aromatic heterocycles. The molecule has 0 spiro atoms. The van der Waals surface area contributed by atoms with Crippen LogP contribution in [0.3, 0.4) is 0 Å². The molecular weight excluding hydrogens is 1140 g/mol. The van der Waals surface area contributed by atoms with Gasteiger partial charge in [-0.1, -0.05) is 137 Å². The molecule has 1 N–H and O–H groups in total. The lowest BCUT2D eigenvalue weighted by atomic mass is 9.82. The zero-order chi connectivity index (χ0) is 67.3. The Morgan fingerprint density at radius 1 is 0.876 bits per heavy atom. The zero-order valence-corrected chi connectivity index (χ0v) is 59.5. The van der Waals surface area contributed by atoms with E-state index in [2.05, 4.69) is 114 Å². The van der Waals surface area contributed by atoms with Crippen molar-refractivity contribution in [2.45, 2.75) is 226 Å². The number of carbonyl (C=O) groups is 5. The molecule has 0 saturated carbocycles. The van der Waals surface area contributed by atoms with Gasteiger partial charge in [-0.25, -0.2) is 9.18 Å². The standard InChI is InChI=1S/C38H48ClFNO3.C16H16N2O5.C7H17N.C7H16.C5H12.C2H6/c1-10-29(37(42)44-38(5,6)7)32(14-12-22-43-34-15-11-13-27-23-28(40)16-17-31(27)34)30-18-19-33(39)36(25(30)3)35-24(2)20-21-41(8,9)26(35)4;1-9-6-10-11(13(7-9)23-5-4-19)8-18(16(10)22)12-2-3-14(20)17-15(12)21;1-4-6-8(3)7-5-2;1-4-6-7(3)5-2;1-4-5(2)3;1-2/h11,13,15-19,23,26H,10,12,14,20-22H2,1-9H3;4,6-7,12H,2-3,5,8H2,1H3,(H,17,20,21);4-7H2,1-3H3;7H,4-6H2,1-3H3;5H,4H2,1-3H3;1-2H3/q+1;;;;;/b32-29+;;;;;. The van der Waals surface area contributed by atoms with Crippen molar-refractivity contribution >= 4 is 63.5 Å². The number of rotatable bonds is 21. The molecular formula is C75H115ClFN4O8+. The summed E-state index contributed by atoms with van der Waals surface area (Å²) < 4.78 is 32.2. The molecule has 1 fully saturated rings. The predicted octanol–water partition coefficient (Wildman–Crippen LogP) is 17.9. The van der Waals surface area contributed by atoms with Gasteiger partial charge in [0.2, 0.25) is 11.8 Å². The van der Waals surface area contributed by atoms with Gasteiger partial charge in [0.05, 0.1) is 33.8 Å². The van der Waals surface area contributed by atoms with E-state index in [1.807, 2.05) is 72.7 Å². The van der Waals surface area contributed by atoms with E-state index < -0.39 is 17.6 Å². The number of nitrogens with zero attached hydrogens (tertiary/aromatic N) is 3. The predicted molar refractivity (Wildman–Crippen MR) is 369 cm³/mol. The molecule has 89 heavy (non-hydrogen) atoms. The van der Waals surface area contributed by atoms with Crippen LogP contribution in [0.1, 0.15) is 226 Å². The fourth-order valence-electron chi connectivity index (χ4n) is 10.9. The van der Waals surface area contributed by atoms with E-state index in [0.717, 1.165) is 78.7 Å². The number of esters is 1. The molecule has 3 amide bonds. The van der Waals surface area contributed by atoms with E-state index in [-0.39, 0.29) is 49.2 Å². The Kier molecular flexibility index (Phi) is 35.1. The molecule has 4 aromatic rings. The summed E-state index contributed by atoms with van der Waals surface area (Å²) >= 11 is 6.99. The minimum Gasteiger partial charge on any atom is -0.493 e. The number of piperidine rings is 1. The summed E-state index contributed by atoms with van der Waals surface area (Å²) in [5.41, 5.74) is 8.89. The fourth-order valence-corrected chi connectivity index (χ4v) is 11.2. The number of allylic oxidation sites excluding steroid dienone is 1. The lowest BCUT2D eigenvalue weighted by molar-refractivity contribution is -0.905. The number of likely N-dealkylation sites (N-methyl/N-ethyl adjacent to an activating group) is 1. The quantitative estimate of drug-likeness (QED) is 0.0216. The van der Waals surface area contributed by atoms with Gasteiger partial charge in [-0.05, 0) is 189 Å². The summed E-state index contributed by atoms with van der Waals surface area (Å²) in [5, 5.41) is 4.67. The van der Waals surface area contributed by atoms with Gasteiger partial charge in [0, 0.05) is 51.1 Å². The third kappa shape index (κ3) is 24.7. The summed E-state index contributed by atoms with van der Waals surface area (Å²) in [6.45, 7) is 42.2. The van der Waals surface area contributed by atoms with Crippen molar-refractivity contribution in [1.82, 2.24) is 15.1 Å². The molecule has 12 nitrogen and oxygen atoms in total. The van der Waals surface area contributed by atoms with Crippen LogP contribution in [0.4, 0.5) is 4.39 Å². The molecule has 496 valence electrons. The highest BCUT2D eigenvalue weighted by atomic mass is 35.5. The third-order valence-electron chi connectivity index (χ3n) is 16.6. The van der Waals surface area contributed by atoms with Gasteiger partial charge < -0.3 is 28.5 Å². The third-order valence-corrected chi connectivity index (χ3v) is 16.9. The van der Waals surface area contributed by atoms with Gasteiger partial charge in [-0.15, -0.1) is 0 Å². The molecule has 3 aliphatic rings. The van der Waals surface area contributed by atoms with Crippen molar-refractivity contribution in [3.05, 3.63) is 116 Å². The maximum Gasteiger partial charge on any atom is 0.334 e. The number of benzene rings is 4. The van der Waals surface area contributed by atoms with Crippen LogP contribution in [0.15, 0.2) is 71.8 Å². The van der Waals surface area contributed by atoms with Crippen LogP contribution in [0, 0.1) is 31.5 Å². The van der Waals surface area contributed by atoms with Crippen LogP contribution in [-0.2, 0) is 30.5 Å². The normalized spacial score (nSPS) is 16.6. The van der Waals surface area contributed by atoms with Crippen molar-refractivity contribution in [1.29, 1.82) is 0 Å². The van der Waals surface area contributed by atoms with Crippen molar-refractivity contribution in [3.8, 4) is 11.5 Å². The minimum absolute atomic E-state index is 0.0947. The highest BCUT2D eigenvalue weighted by Gasteiger charge is 2.41. The lowest BCUT2D eigenvalue weighted by Gasteiger charge is -2.42. The van der Waals surface area contributed by atoms with Gasteiger partial charge in [-0.3, -0.25) is 24.5 Å². The van der Waals surface area contributed by atoms with Crippen molar-refractivity contribution in [3.63, 3.8) is 0 Å². The van der Waals surface area contributed by atoms with Crippen LogP contribution < -0.4 is 14.8 Å². The molecule has 0 radical (unpaired) electrons. The highest BCUT2D eigenvalue weighted by molar-refractivity contribution is 6.32. The number of amides is 3. The molecule has 0 bridgehead atoms. The van der Waals surface area contributed by atoms with E-state index in [1.165, 1.54) is 79.8 Å². The molecule has 7 rings (SSSR count). The van der Waals surface area contributed by atoms with Crippen LogP contribution in [0.5, 0.6) is 11.5 Å². The molecule has 3 atom stereocenters. The summed E-state index contributed by atoms with van der Waals surface area (Å²) in [5.74, 6) is 1.45. The first-order valence-corrected chi connectivity index (χ1v) is 33.5. The molecule has 14 heteroatoms. The Hall–Kier alpha value is -5.89. The number of ether oxygens (including phenoxy) is 3. The summed E-state index contributed by atoms with van der Waals surface area (Å²) in [7, 11) is 6.73. The average molecular weight is 1260 g/mol. The Bertz CT molecular complexity index is 2970. The molecule has 3 aliphatic heterocycles. The van der Waals surface area contributed by atoms with Crippen molar-refractivity contribution < 1.29 is 47.1 Å². The first-order chi connectivity index (χ1) is 42.0. The van der Waals surface area contributed by atoms with Crippen LogP contribution in [0.25, 0.3) is 21.9 Å². The second-order valence-electron chi connectivity index (χ2n) is 25.7. The maximum absolute atomic E-state index is 13.8. The van der Waals surface area contributed by atoms with Gasteiger partial charge in [-0.2, -0.15) is 0 Å². The van der Waals surface area contributed by atoms with E-state index in [1.54, 1.807) is 18.2 Å². The summed E-state index contributed by atoms with van der Waals surface area (Å²) in [6, 6.07) is 17.6. The largest absolute Gasteiger partial charge is 0.493 e. The van der Waals surface area contributed by atoms with Gasteiger partial charge in [0.1, 0.15) is 41.6 Å². The van der Waals surface area contributed by atoms with E-state index in [9.17, 15) is 28.4 Å². The number of quaternary nitrogens is 1. The van der Waals surface area contributed by atoms with E-state index in [4.69, 9.17) is 25.8 Å². The highest BCUT2D eigenvalue weighted by Crippen LogP contribution is 2.43. The van der Waals surface area contributed by atoms with E-state index in [0.29, 0.717) is 61.0 Å². The number of carbonyl (C=O) groups excluding carboxylic acids is 5. The average Bonchev–Trinajstić information content (AvgIpc) is 2.19. The van der Waals surface area contributed by atoms with Crippen LogP contribution in [0.2, 0.25) is 5.02 Å². The molecule has 4 aromatic carbocycles. The topological polar surface area (TPSA) is 132 Å². The maximum atomic E-state index is 13.8. The number of imide groups is 1. The number of halogens is 2. The molecule has 0 aliphatic carbocycles. The van der Waals surface area contributed by atoms with Crippen LogP contribution >= 0.6 is 11.6 Å².